The minimum absolute atomic E-state index is 0.0681. The van der Waals surface area contributed by atoms with Crippen molar-refractivity contribution in [1.82, 2.24) is 10.2 Å². The highest BCUT2D eigenvalue weighted by molar-refractivity contribution is 6.04. The zero-order valence-corrected chi connectivity index (χ0v) is 10.7. The van der Waals surface area contributed by atoms with E-state index in [2.05, 4.69) is 10.2 Å². The first kappa shape index (κ1) is 14.9. The fourth-order valence-electron chi connectivity index (χ4n) is 1.58. The number of aromatic nitrogens is 2. The zero-order chi connectivity index (χ0) is 15.9. The van der Waals surface area contributed by atoms with Crippen molar-refractivity contribution in [1.29, 1.82) is 0 Å². The maximum absolute atomic E-state index is 13.5. The Balaban J connectivity index is 2.47. The Hall–Kier alpha value is -2.45. The summed E-state index contributed by atoms with van der Waals surface area (Å²) in [5.41, 5.74) is -0.526. The summed E-state index contributed by atoms with van der Waals surface area (Å²) in [6.07, 6.45) is 0. The van der Waals surface area contributed by atoms with Crippen LogP contribution in [-0.4, -0.2) is 16.1 Å². The Kier molecular flexibility index (Phi) is 3.67. The summed E-state index contributed by atoms with van der Waals surface area (Å²) in [6.45, 7) is 3.17. The summed E-state index contributed by atoms with van der Waals surface area (Å²) in [7, 11) is 0. The third-order valence-electron chi connectivity index (χ3n) is 2.92. The van der Waals surface area contributed by atoms with Crippen LogP contribution in [0.3, 0.4) is 0 Å². The summed E-state index contributed by atoms with van der Waals surface area (Å²) in [5, 5.41) is 8.12. The van der Waals surface area contributed by atoms with Crippen molar-refractivity contribution in [2.45, 2.75) is 13.8 Å². The van der Waals surface area contributed by atoms with Crippen LogP contribution in [0.2, 0.25) is 0 Å². The summed E-state index contributed by atoms with van der Waals surface area (Å²) in [4.78, 5) is 11.7. The zero-order valence-electron chi connectivity index (χ0n) is 10.7. The van der Waals surface area contributed by atoms with Crippen molar-refractivity contribution in [3.05, 3.63) is 45.9 Å². The monoisotopic (exact) mass is 305 g/mol. The number of nitrogens with zero attached hydrogens (tertiary/aromatic N) is 1. The number of H-pyrrole nitrogens is 1. The van der Waals surface area contributed by atoms with Crippen LogP contribution in [0, 0.1) is 42.9 Å². The molecular formula is C12H8F5N3O. The first-order valence-corrected chi connectivity index (χ1v) is 5.60. The highest BCUT2D eigenvalue weighted by Crippen LogP contribution is 2.24. The molecule has 0 radical (unpaired) electrons. The average molecular weight is 305 g/mol. The molecule has 0 aliphatic rings. The molecule has 1 amide bonds. The Bertz CT molecular complexity index is 712. The highest BCUT2D eigenvalue weighted by atomic mass is 19.2. The first-order valence-electron chi connectivity index (χ1n) is 5.60. The minimum Gasteiger partial charge on any atom is -0.305 e. The molecule has 9 heteroatoms. The van der Waals surface area contributed by atoms with Gasteiger partial charge in [-0.1, -0.05) is 0 Å². The Morgan fingerprint density at radius 2 is 1.43 bits per heavy atom. The molecule has 2 aromatic rings. The fourth-order valence-corrected chi connectivity index (χ4v) is 1.58. The molecule has 0 unspecified atom stereocenters. The van der Waals surface area contributed by atoms with Crippen LogP contribution in [0.1, 0.15) is 21.6 Å². The number of nitrogens with one attached hydrogen (secondary N) is 2. The summed E-state index contributed by atoms with van der Waals surface area (Å²) < 4.78 is 65.8. The summed E-state index contributed by atoms with van der Waals surface area (Å²) in [5.74, 6) is -12.7. The number of aromatic amines is 1. The van der Waals surface area contributed by atoms with Gasteiger partial charge < -0.3 is 5.32 Å². The predicted molar refractivity (Wildman–Crippen MR) is 62.2 cm³/mol. The van der Waals surface area contributed by atoms with Crippen LogP contribution < -0.4 is 5.32 Å². The number of hydrogen-bond donors (Lipinski definition) is 2. The number of aryl methyl sites for hydroxylation is 1. The van der Waals surface area contributed by atoms with Gasteiger partial charge in [0.2, 0.25) is 5.82 Å². The largest absolute Gasteiger partial charge is 0.305 e. The van der Waals surface area contributed by atoms with E-state index in [1.807, 2.05) is 5.32 Å². The lowest BCUT2D eigenvalue weighted by Gasteiger charge is -2.08. The third kappa shape index (κ3) is 2.34. The number of carbonyl (C=O) groups excluding carboxylic acids is 1. The Morgan fingerprint density at radius 3 is 1.86 bits per heavy atom. The van der Waals surface area contributed by atoms with Gasteiger partial charge in [-0.05, 0) is 13.8 Å². The van der Waals surface area contributed by atoms with Crippen molar-refractivity contribution < 1.29 is 26.7 Å². The normalized spacial score (nSPS) is 10.8. The molecule has 1 aromatic heterocycles. The summed E-state index contributed by atoms with van der Waals surface area (Å²) in [6, 6.07) is 0. The second-order valence-electron chi connectivity index (χ2n) is 4.22. The van der Waals surface area contributed by atoms with Crippen LogP contribution in [0.25, 0.3) is 0 Å². The van der Waals surface area contributed by atoms with Gasteiger partial charge in [-0.3, -0.25) is 9.89 Å². The molecule has 0 aliphatic carbocycles. The van der Waals surface area contributed by atoms with Crippen molar-refractivity contribution >= 4 is 11.7 Å². The molecule has 21 heavy (non-hydrogen) atoms. The molecule has 1 aromatic carbocycles. The van der Waals surface area contributed by atoms with E-state index < -0.39 is 40.6 Å². The van der Waals surface area contributed by atoms with E-state index in [1.165, 1.54) is 0 Å². The van der Waals surface area contributed by atoms with Gasteiger partial charge in [-0.2, -0.15) is 5.10 Å². The van der Waals surface area contributed by atoms with Gasteiger partial charge in [0, 0.05) is 11.3 Å². The van der Waals surface area contributed by atoms with Gasteiger partial charge >= 0.3 is 0 Å². The van der Waals surface area contributed by atoms with E-state index in [-0.39, 0.29) is 5.82 Å². The SMILES string of the molecule is Cc1[nH]nc(NC(=O)c2c(F)c(F)c(F)c(F)c2F)c1C. The van der Waals surface area contributed by atoms with E-state index in [9.17, 15) is 26.7 Å². The van der Waals surface area contributed by atoms with Gasteiger partial charge in [-0.15, -0.1) is 0 Å². The topological polar surface area (TPSA) is 57.8 Å². The third-order valence-corrected chi connectivity index (χ3v) is 2.92. The fraction of sp³-hybridized carbons (Fsp3) is 0.167. The van der Waals surface area contributed by atoms with Crippen molar-refractivity contribution in [3.63, 3.8) is 0 Å². The quantitative estimate of drug-likeness (QED) is 0.509. The number of rotatable bonds is 2. The first-order chi connectivity index (χ1) is 9.75. The summed E-state index contributed by atoms with van der Waals surface area (Å²) >= 11 is 0. The number of anilines is 1. The van der Waals surface area contributed by atoms with Gasteiger partial charge in [0.15, 0.2) is 29.1 Å². The van der Waals surface area contributed by atoms with Crippen LogP contribution in [-0.2, 0) is 0 Å². The van der Waals surface area contributed by atoms with Gasteiger partial charge in [0.25, 0.3) is 5.91 Å². The van der Waals surface area contributed by atoms with E-state index in [1.54, 1.807) is 13.8 Å². The van der Waals surface area contributed by atoms with Crippen molar-refractivity contribution in [2.75, 3.05) is 5.32 Å². The van der Waals surface area contributed by atoms with Crippen LogP contribution in [0.15, 0.2) is 0 Å². The maximum atomic E-state index is 13.5. The number of amides is 1. The maximum Gasteiger partial charge on any atom is 0.263 e. The standard InChI is InChI=1S/C12H8F5N3O/c1-3-4(2)19-20-11(3)18-12(21)5-6(13)8(15)10(17)9(16)7(5)14/h1-2H3,(H2,18,19,20,21). The number of benzene rings is 1. The molecule has 1 heterocycles. The minimum atomic E-state index is -2.33. The second kappa shape index (κ2) is 5.15. The molecule has 2 N–H and O–H groups in total. The number of halogens is 5. The van der Waals surface area contributed by atoms with Gasteiger partial charge in [-0.25, -0.2) is 22.0 Å². The molecule has 112 valence electrons. The molecule has 0 saturated carbocycles. The average Bonchev–Trinajstić information content (AvgIpc) is 2.75. The molecule has 0 fully saturated rings. The van der Waals surface area contributed by atoms with E-state index in [0.29, 0.717) is 11.3 Å². The van der Waals surface area contributed by atoms with Gasteiger partial charge in [0.1, 0.15) is 5.56 Å². The molecule has 2 rings (SSSR count). The Labute approximate surface area is 115 Å². The van der Waals surface area contributed by atoms with Crippen molar-refractivity contribution in [2.24, 2.45) is 0 Å². The van der Waals surface area contributed by atoms with Crippen LogP contribution in [0.4, 0.5) is 27.8 Å². The lowest BCUT2D eigenvalue weighted by molar-refractivity contribution is 0.101. The molecular weight excluding hydrogens is 297 g/mol. The molecule has 0 bridgehead atoms. The van der Waals surface area contributed by atoms with Crippen LogP contribution in [0.5, 0.6) is 0 Å². The molecule has 0 spiro atoms. The highest BCUT2D eigenvalue weighted by Gasteiger charge is 2.30. The number of carbonyl (C=O) groups is 1. The molecule has 0 saturated heterocycles. The number of hydrogen-bond acceptors (Lipinski definition) is 2. The lowest BCUT2D eigenvalue weighted by Crippen LogP contribution is -2.20. The van der Waals surface area contributed by atoms with Crippen LogP contribution >= 0.6 is 0 Å². The molecule has 0 atom stereocenters. The van der Waals surface area contributed by atoms with E-state index >= 15 is 0 Å². The van der Waals surface area contributed by atoms with Crippen molar-refractivity contribution in [3.8, 4) is 0 Å². The van der Waals surface area contributed by atoms with Gasteiger partial charge in [0.05, 0.1) is 0 Å². The molecule has 4 nitrogen and oxygen atoms in total. The second-order valence-corrected chi connectivity index (χ2v) is 4.22. The Morgan fingerprint density at radius 1 is 0.952 bits per heavy atom. The molecule has 0 aliphatic heterocycles. The predicted octanol–water partition coefficient (Wildman–Crippen LogP) is 2.97. The van der Waals surface area contributed by atoms with E-state index in [4.69, 9.17) is 0 Å². The smallest absolute Gasteiger partial charge is 0.263 e. The van der Waals surface area contributed by atoms with E-state index in [0.717, 1.165) is 0 Å². The lowest BCUT2D eigenvalue weighted by atomic mass is 10.1.